The third-order valence-corrected chi connectivity index (χ3v) is 7.99. The summed E-state index contributed by atoms with van der Waals surface area (Å²) < 4.78 is 11.9. The van der Waals surface area contributed by atoms with E-state index in [1.54, 1.807) is 0 Å². The Balaban J connectivity index is 1.73. The van der Waals surface area contributed by atoms with Gasteiger partial charge in [-0.3, -0.25) is 5.10 Å². The number of nitrogens with one attached hydrogen (secondary N) is 2. The number of hydrogen-bond acceptors (Lipinski definition) is 10. The lowest BCUT2D eigenvalue weighted by Gasteiger charge is -2.38. The number of benzene rings is 1. The second-order valence-corrected chi connectivity index (χ2v) is 11.8. The van der Waals surface area contributed by atoms with E-state index < -0.39 is 29.0 Å². The Labute approximate surface area is 222 Å². The number of thioether (sulfide) groups is 1. The molecule has 7 N–H and O–H groups in total. The Kier molecular flexibility index (Phi) is 10.3. The zero-order valence-corrected chi connectivity index (χ0v) is 23.0. The number of aliphatic hydroxyl groups is 5. The molecule has 10 nitrogen and oxygen atoms in total. The van der Waals surface area contributed by atoms with Crippen molar-refractivity contribution in [3.05, 3.63) is 40.6 Å². The number of aryl methyl sites for hydroxylation is 1. The number of aromatic amines is 1. The predicted octanol–water partition coefficient (Wildman–Crippen LogP) is 1.07. The molecule has 208 valence electrons. The fourth-order valence-electron chi connectivity index (χ4n) is 4.14. The van der Waals surface area contributed by atoms with E-state index in [4.69, 9.17) is 9.47 Å². The molecule has 11 heteroatoms. The van der Waals surface area contributed by atoms with Gasteiger partial charge in [-0.05, 0) is 49.9 Å². The van der Waals surface area contributed by atoms with Crippen molar-refractivity contribution in [2.75, 3.05) is 26.4 Å². The normalized spacial score (nSPS) is 24.5. The van der Waals surface area contributed by atoms with E-state index in [1.807, 2.05) is 52.8 Å². The molecule has 1 saturated heterocycles. The molecular weight excluding hydrogens is 498 g/mol. The van der Waals surface area contributed by atoms with Crippen molar-refractivity contribution in [3.63, 3.8) is 0 Å². The highest BCUT2D eigenvalue weighted by Crippen LogP contribution is 2.37. The first kappa shape index (κ1) is 29.7. The van der Waals surface area contributed by atoms with Gasteiger partial charge in [0.1, 0.15) is 24.6 Å². The van der Waals surface area contributed by atoms with Crippen LogP contribution in [0.2, 0.25) is 0 Å². The molecule has 0 spiro atoms. The number of ether oxygens (including phenoxy) is 2. The topological polar surface area (TPSA) is 160 Å². The van der Waals surface area contributed by atoms with Crippen LogP contribution in [-0.2, 0) is 6.42 Å². The van der Waals surface area contributed by atoms with E-state index in [2.05, 4.69) is 15.5 Å². The molecule has 0 amide bonds. The molecule has 0 aliphatic carbocycles. The number of aromatic nitrogens is 2. The number of aliphatic hydroxyl groups excluding tert-OH is 5. The van der Waals surface area contributed by atoms with Crippen LogP contribution in [0.25, 0.3) is 0 Å². The average molecular weight is 540 g/mol. The Morgan fingerprint density at radius 2 is 1.86 bits per heavy atom. The second-order valence-electron chi connectivity index (χ2n) is 10.5. The van der Waals surface area contributed by atoms with Gasteiger partial charge in [0.2, 0.25) is 5.88 Å². The van der Waals surface area contributed by atoms with Gasteiger partial charge in [-0.15, -0.1) is 16.9 Å². The smallest absolute Gasteiger partial charge is 0.237 e. The van der Waals surface area contributed by atoms with E-state index in [0.717, 1.165) is 39.9 Å². The molecule has 0 unspecified atom stereocenters. The summed E-state index contributed by atoms with van der Waals surface area (Å²) in [4.78, 5) is 0. The van der Waals surface area contributed by atoms with Gasteiger partial charge >= 0.3 is 0 Å². The molecular formula is C26H41N3O7S. The zero-order valence-electron chi connectivity index (χ0n) is 22.1. The van der Waals surface area contributed by atoms with Crippen molar-refractivity contribution in [3.8, 4) is 11.6 Å². The lowest BCUT2D eigenvalue weighted by atomic mass is 9.97. The Bertz CT molecular complexity index is 1010. The van der Waals surface area contributed by atoms with Crippen LogP contribution in [0.5, 0.6) is 11.6 Å². The molecule has 2 aromatic rings. The molecule has 0 radical (unpaired) electrons. The largest absolute Gasteiger partial charge is 0.492 e. The molecule has 37 heavy (non-hydrogen) atoms. The molecule has 5 atom stereocenters. The number of H-pyrrole nitrogens is 1. The first-order valence-electron chi connectivity index (χ1n) is 12.6. The highest BCUT2D eigenvalue weighted by molar-refractivity contribution is 8.00. The minimum absolute atomic E-state index is 0.0435. The Morgan fingerprint density at radius 1 is 1.14 bits per heavy atom. The summed E-state index contributed by atoms with van der Waals surface area (Å²) in [5, 5.41) is 59.7. The van der Waals surface area contributed by atoms with Gasteiger partial charge < -0.3 is 40.3 Å². The van der Waals surface area contributed by atoms with Crippen molar-refractivity contribution >= 4 is 11.8 Å². The first-order chi connectivity index (χ1) is 17.5. The lowest BCUT2D eigenvalue weighted by Crippen LogP contribution is -2.55. The minimum atomic E-state index is -1.44. The summed E-state index contributed by atoms with van der Waals surface area (Å²) in [5.41, 5.74) is 2.58. The van der Waals surface area contributed by atoms with Crippen LogP contribution in [0.15, 0.2) is 18.2 Å². The van der Waals surface area contributed by atoms with E-state index >= 15 is 0 Å². The summed E-state index contributed by atoms with van der Waals surface area (Å²) in [5.74, 6) is 1.21. The fraction of sp³-hybridized carbons (Fsp3) is 0.654. The van der Waals surface area contributed by atoms with E-state index in [9.17, 15) is 25.5 Å². The SMILES string of the molecule is Cc1cc(OCCNC(C)(C)CO)ccc1Cc1c(O[C@@H]2S[C@H](CO)[C@@H](O)[C@H](O)[C@H]2O)n[nH]c1C(C)C. The van der Waals surface area contributed by atoms with Crippen molar-refractivity contribution in [1.29, 1.82) is 0 Å². The predicted molar refractivity (Wildman–Crippen MR) is 142 cm³/mol. The molecule has 1 aromatic carbocycles. The van der Waals surface area contributed by atoms with Gasteiger partial charge in [-0.1, -0.05) is 19.9 Å². The van der Waals surface area contributed by atoms with Gasteiger partial charge in [0.15, 0.2) is 5.44 Å². The number of nitrogens with zero attached hydrogens (tertiary/aromatic N) is 1. The number of rotatable bonds is 12. The van der Waals surface area contributed by atoms with Gasteiger partial charge in [-0.25, -0.2) is 0 Å². The van der Waals surface area contributed by atoms with Crippen LogP contribution >= 0.6 is 11.8 Å². The van der Waals surface area contributed by atoms with Crippen molar-refractivity contribution in [2.24, 2.45) is 0 Å². The maximum atomic E-state index is 10.5. The maximum Gasteiger partial charge on any atom is 0.237 e. The maximum absolute atomic E-state index is 10.5. The summed E-state index contributed by atoms with van der Waals surface area (Å²) in [7, 11) is 0. The van der Waals surface area contributed by atoms with Crippen molar-refractivity contribution < 1.29 is 35.0 Å². The van der Waals surface area contributed by atoms with Crippen LogP contribution in [0, 0.1) is 6.92 Å². The van der Waals surface area contributed by atoms with Gasteiger partial charge in [0.25, 0.3) is 0 Å². The monoisotopic (exact) mass is 539 g/mol. The summed E-state index contributed by atoms with van der Waals surface area (Å²) in [6.07, 6.45) is -3.50. The van der Waals surface area contributed by atoms with Crippen molar-refractivity contribution in [1.82, 2.24) is 15.5 Å². The highest BCUT2D eigenvalue weighted by atomic mass is 32.2. The van der Waals surface area contributed by atoms with Crippen LogP contribution in [-0.4, -0.2) is 96.6 Å². The summed E-state index contributed by atoms with van der Waals surface area (Å²) in [6.45, 7) is 10.7. The molecule has 1 fully saturated rings. The van der Waals surface area contributed by atoms with Crippen LogP contribution in [0.4, 0.5) is 0 Å². The Morgan fingerprint density at radius 3 is 2.49 bits per heavy atom. The van der Waals surface area contributed by atoms with E-state index in [-0.39, 0.29) is 24.7 Å². The second kappa shape index (κ2) is 12.8. The summed E-state index contributed by atoms with van der Waals surface area (Å²) >= 11 is 1.07. The fourth-order valence-corrected chi connectivity index (χ4v) is 5.36. The zero-order chi connectivity index (χ0) is 27.3. The quantitative estimate of drug-likeness (QED) is 0.194. The molecule has 1 aromatic heterocycles. The van der Waals surface area contributed by atoms with Crippen molar-refractivity contribution in [2.45, 2.75) is 81.5 Å². The van der Waals surface area contributed by atoms with Gasteiger partial charge in [0, 0.05) is 29.8 Å². The Hall–Kier alpha value is -1.86. The highest BCUT2D eigenvalue weighted by Gasteiger charge is 2.45. The van der Waals surface area contributed by atoms with Gasteiger partial charge in [-0.2, -0.15) is 0 Å². The lowest BCUT2D eigenvalue weighted by molar-refractivity contribution is -0.0915. The first-order valence-corrected chi connectivity index (χ1v) is 13.5. The molecule has 0 saturated carbocycles. The molecule has 3 rings (SSSR count). The van der Waals surface area contributed by atoms with Crippen LogP contribution < -0.4 is 14.8 Å². The molecule has 2 heterocycles. The van der Waals surface area contributed by atoms with E-state index in [0.29, 0.717) is 25.5 Å². The standard InChI is InChI=1S/C26H41N3O7S/c1-14(2)20-18(24(29-28-20)36-25-23(34)22(33)21(32)19(12-30)37-25)11-16-6-7-17(10-15(16)3)35-9-8-27-26(4,5)13-31/h6-7,10,14,19,21-23,25,27,30-34H,8-9,11-13H2,1-5H3,(H,28,29)/t19-,21-,22+,23-,25-/m1/s1. The molecule has 1 aliphatic rings. The summed E-state index contributed by atoms with van der Waals surface area (Å²) in [6, 6.07) is 5.90. The minimum Gasteiger partial charge on any atom is -0.492 e. The third kappa shape index (κ3) is 7.38. The van der Waals surface area contributed by atoms with Crippen LogP contribution in [0.1, 0.15) is 56.0 Å². The third-order valence-electron chi connectivity index (χ3n) is 6.57. The van der Waals surface area contributed by atoms with Crippen LogP contribution in [0.3, 0.4) is 0 Å². The number of hydrogen-bond donors (Lipinski definition) is 7. The molecule has 1 aliphatic heterocycles. The molecule has 0 bridgehead atoms. The van der Waals surface area contributed by atoms with E-state index in [1.165, 1.54) is 0 Å². The average Bonchev–Trinajstić information content (AvgIpc) is 3.26. The van der Waals surface area contributed by atoms with Gasteiger partial charge in [0.05, 0.1) is 24.6 Å².